The molecule has 3 N–H and O–H groups in total. The summed E-state index contributed by atoms with van der Waals surface area (Å²) in [7, 11) is 1.16. The van der Waals surface area contributed by atoms with E-state index in [1.807, 2.05) is 0 Å². The summed E-state index contributed by atoms with van der Waals surface area (Å²) in [6.45, 7) is 0. The Morgan fingerprint density at radius 2 is 1.70 bits per heavy atom. The molecule has 0 fully saturated rings. The van der Waals surface area contributed by atoms with Gasteiger partial charge in [-0.2, -0.15) is 0 Å². The number of methoxy groups -OCH3 is 1. The molecule has 1 rings (SSSR count). The molecule has 1 atom stereocenters. The van der Waals surface area contributed by atoms with Crippen LogP contribution in [0, 0.1) is 0 Å². The first-order chi connectivity index (χ1) is 10.5. The first kappa shape index (κ1) is 21.0. The highest BCUT2D eigenvalue weighted by atomic mass is 35.6. The monoisotopic (exact) mass is 457 g/mol. The minimum atomic E-state index is -1.91. The second-order valence-corrected chi connectivity index (χ2v) is 7.98. The van der Waals surface area contributed by atoms with E-state index in [2.05, 4.69) is 20.7 Å². The highest BCUT2D eigenvalue weighted by molar-refractivity contribution is 7.80. The van der Waals surface area contributed by atoms with E-state index < -0.39 is 16.1 Å². The van der Waals surface area contributed by atoms with Crippen LogP contribution in [-0.4, -0.2) is 28.3 Å². The van der Waals surface area contributed by atoms with Crippen molar-refractivity contribution in [2.75, 3.05) is 12.4 Å². The van der Waals surface area contributed by atoms with Gasteiger partial charge in [-0.25, -0.2) is 4.79 Å². The molecule has 0 aliphatic carbocycles. The lowest BCUT2D eigenvalue weighted by molar-refractivity contribution is 0.166. The number of benzene rings is 1. The number of hydrogen-bond donors (Lipinski definition) is 3. The maximum Gasteiger partial charge on any atom is 0.408 e. The fraction of sp³-hybridized carbons (Fsp3) is 0.273. The molecule has 0 heterocycles. The molecular formula is C11H9Cl6N3O2S. The van der Waals surface area contributed by atoms with Crippen LogP contribution >= 0.6 is 81.8 Å². The van der Waals surface area contributed by atoms with Crippen LogP contribution in [0.2, 0.25) is 15.1 Å². The van der Waals surface area contributed by atoms with Crippen molar-refractivity contribution in [1.29, 1.82) is 0 Å². The Bertz CT molecular complexity index is 587. The molecule has 0 aliphatic rings. The lowest BCUT2D eigenvalue weighted by Crippen LogP contribution is -2.56. The third-order valence-corrected chi connectivity index (χ3v) is 3.98. The summed E-state index contributed by atoms with van der Waals surface area (Å²) in [5.74, 6) is 0. The number of halogens is 6. The third kappa shape index (κ3) is 6.74. The van der Waals surface area contributed by atoms with Crippen molar-refractivity contribution in [2.45, 2.75) is 9.96 Å². The van der Waals surface area contributed by atoms with Crippen molar-refractivity contribution < 1.29 is 9.53 Å². The minimum Gasteiger partial charge on any atom is -0.453 e. The molecule has 1 aromatic rings. The Hall–Kier alpha value is -0.0800. The molecule has 1 unspecified atom stereocenters. The van der Waals surface area contributed by atoms with Crippen LogP contribution in [0.3, 0.4) is 0 Å². The number of anilines is 1. The molecule has 0 radical (unpaired) electrons. The van der Waals surface area contributed by atoms with Crippen LogP contribution in [0.15, 0.2) is 12.1 Å². The maximum absolute atomic E-state index is 11.3. The van der Waals surface area contributed by atoms with Crippen molar-refractivity contribution in [3.05, 3.63) is 27.2 Å². The molecule has 0 saturated heterocycles. The summed E-state index contributed by atoms with van der Waals surface area (Å²) in [6, 6.07) is 2.94. The van der Waals surface area contributed by atoms with E-state index in [1.54, 1.807) is 0 Å². The molecule has 1 amide bonds. The van der Waals surface area contributed by atoms with Gasteiger partial charge in [0.1, 0.15) is 0 Å². The molecule has 0 saturated carbocycles. The van der Waals surface area contributed by atoms with Crippen LogP contribution in [0.25, 0.3) is 0 Å². The van der Waals surface area contributed by atoms with Gasteiger partial charge in [0.05, 0.1) is 22.8 Å². The topological polar surface area (TPSA) is 62.4 Å². The van der Waals surface area contributed by atoms with Crippen LogP contribution in [0.5, 0.6) is 0 Å². The zero-order chi connectivity index (χ0) is 17.8. The second kappa shape index (κ2) is 8.85. The fourth-order valence-corrected chi connectivity index (χ4v) is 2.78. The number of hydrogen-bond acceptors (Lipinski definition) is 3. The Morgan fingerprint density at radius 1 is 1.17 bits per heavy atom. The number of ether oxygens (including phenoxy) is 1. The van der Waals surface area contributed by atoms with Gasteiger partial charge in [0.2, 0.25) is 3.79 Å². The number of carbonyl (C=O) groups excluding carboxylic acids is 1. The van der Waals surface area contributed by atoms with Gasteiger partial charge in [-0.1, -0.05) is 69.6 Å². The van der Waals surface area contributed by atoms with Crippen LogP contribution in [0.1, 0.15) is 0 Å². The third-order valence-electron chi connectivity index (χ3n) is 2.30. The first-order valence-corrected chi connectivity index (χ1v) is 8.35. The quantitative estimate of drug-likeness (QED) is 0.338. The van der Waals surface area contributed by atoms with Gasteiger partial charge in [-0.05, 0) is 24.4 Å². The Labute approximate surface area is 167 Å². The molecule has 0 spiro atoms. The number of alkyl halides is 3. The number of amides is 1. The number of thiocarbonyl (C=S) groups is 1. The van der Waals surface area contributed by atoms with E-state index in [0.29, 0.717) is 10.7 Å². The molecule has 128 valence electrons. The largest absolute Gasteiger partial charge is 0.453 e. The Balaban J connectivity index is 2.86. The van der Waals surface area contributed by atoms with E-state index in [0.717, 1.165) is 7.11 Å². The van der Waals surface area contributed by atoms with Gasteiger partial charge in [-0.3, -0.25) is 5.32 Å². The highest BCUT2D eigenvalue weighted by Crippen LogP contribution is 2.34. The van der Waals surface area contributed by atoms with Gasteiger partial charge in [0.25, 0.3) is 0 Å². The molecule has 12 heteroatoms. The van der Waals surface area contributed by atoms with Crippen molar-refractivity contribution in [1.82, 2.24) is 10.6 Å². The lowest BCUT2D eigenvalue weighted by Gasteiger charge is -2.27. The molecular weight excluding hydrogens is 451 g/mol. The summed E-state index contributed by atoms with van der Waals surface area (Å²) >= 11 is 40.3. The average molecular weight is 460 g/mol. The zero-order valence-corrected chi connectivity index (χ0v) is 16.6. The summed E-state index contributed by atoms with van der Waals surface area (Å²) in [5, 5.41) is 8.43. The Kier molecular flexibility index (Phi) is 8.07. The summed E-state index contributed by atoms with van der Waals surface area (Å²) < 4.78 is 2.53. The van der Waals surface area contributed by atoms with E-state index in [1.165, 1.54) is 12.1 Å². The van der Waals surface area contributed by atoms with Crippen molar-refractivity contribution in [3.8, 4) is 0 Å². The summed E-state index contributed by atoms with van der Waals surface area (Å²) in [6.07, 6.45) is -2.00. The van der Waals surface area contributed by atoms with E-state index in [4.69, 9.17) is 81.8 Å². The molecule has 0 bridgehead atoms. The summed E-state index contributed by atoms with van der Waals surface area (Å²) in [4.78, 5) is 11.3. The van der Waals surface area contributed by atoms with Gasteiger partial charge in [0.15, 0.2) is 11.3 Å². The lowest BCUT2D eigenvalue weighted by atomic mass is 10.3. The number of nitrogens with one attached hydrogen (secondary N) is 3. The van der Waals surface area contributed by atoms with Crippen molar-refractivity contribution >= 4 is 98.7 Å². The number of rotatable bonds is 3. The normalized spacial score (nSPS) is 12.3. The Morgan fingerprint density at radius 3 is 2.13 bits per heavy atom. The predicted octanol–water partition coefficient (Wildman–Crippen LogP) is 4.99. The highest BCUT2D eigenvalue weighted by Gasteiger charge is 2.35. The molecule has 1 aromatic carbocycles. The molecule has 23 heavy (non-hydrogen) atoms. The van der Waals surface area contributed by atoms with E-state index >= 15 is 0 Å². The van der Waals surface area contributed by atoms with Crippen LogP contribution in [0.4, 0.5) is 10.5 Å². The number of alkyl carbamates (subject to hydrolysis) is 1. The first-order valence-electron chi connectivity index (χ1n) is 5.68. The van der Waals surface area contributed by atoms with E-state index in [9.17, 15) is 4.79 Å². The van der Waals surface area contributed by atoms with Gasteiger partial charge >= 0.3 is 6.09 Å². The molecule has 0 aromatic heterocycles. The van der Waals surface area contributed by atoms with Crippen LogP contribution < -0.4 is 16.0 Å². The minimum absolute atomic E-state index is 0.0103. The second-order valence-electron chi connectivity index (χ2n) is 3.95. The van der Waals surface area contributed by atoms with Crippen molar-refractivity contribution in [3.63, 3.8) is 0 Å². The molecule has 0 aliphatic heterocycles. The van der Waals surface area contributed by atoms with Gasteiger partial charge in [-0.15, -0.1) is 0 Å². The summed E-state index contributed by atoms with van der Waals surface area (Å²) in [5.41, 5.74) is 0.302. The number of carbonyl (C=O) groups is 1. The van der Waals surface area contributed by atoms with Crippen molar-refractivity contribution in [2.24, 2.45) is 0 Å². The SMILES string of the molecule is COC(=O)NC(NC(=S)Nc1c(Cl)cc(Cl)cc1Cl)C(Cl)(Cl)Cl. The van der Waals surface area contributed by atoms with Gasteiger partial charge < -0.3 is 15.4 Å². The maximum atomic E-state index is 11.3. The smallest absolute Gasteiger partial charge is 0.408 e. The zero-order valence-electron chi connectivity index (χ0n) is 11.2. The fourth-order valence-electron chi connectivity index (χ4n) is 1.32. The molecule has 5 nitrogen and oxygen atoms in total. The standard InChI is InChI=1S/C11H9Cl6N3O2S/c1-22-10(21)20-8(11(15,16)17)19-9(23)18-7-5(13)2-4(12)3-6(7)14/h2-3,8H,1H3,(H,20,21)(H2,18,19,23). The predicted molar refractivity (Wildman–Crippen MR) is 100 cm³/mol. The van der Waals surface area contributed by atoms with E-state index in [-0.39, 0.29) is 15.2 Å². The van der Waals surface area contributed by atoms with Gasteiger partial charge in [0, 0.05) is 5.02 Å². The average Bonchev–Trinajstić information content (AvgIpc) is 2.40. The van der Waals surface area contributed by atoms with Crippen LogP contribution in [-0.2, 0) is 4.74 Å².